The number of alkyl halides is 3. The van der Waals surface area contributed by atoms with Gasteiger partial charge in [-0.2, -0.15) is 13.2 Å². The van der Waals surface area contributed by atoms with E-state index < -0.39 is 40.9 Å². The molecule has 3 aliphatic rings. The molecule has 12 heteroatoms. The van der Waals surface area contributed by atoms with E-state index in [1.54, 1.807) is 30.3 Å². The smallest absolute Gasteiger partial charge is 0.416 e. The third kappa shape index (κ3) is 5.14. The second kappa shape index (κ2) is 11.2. The molecule has 2 fully saturated rings. The molecule has 3 aliphatic heterocycles. The van der Waals surface area contributed by atoms with E-state index in [0.717, 1.165) is 15.7 Å². The molecule has 3 aromatic rings. The zero-order valence-corrected chi connectivity index (χ0v) is 25.5. The number of carbonyl (C=O) groups excluding carboxylic acids is 2. The van der Waals surface area contributed by atoms with Crippen molar-refractivity contribution in [3.63, 3.8) is 0 Å². The highest BCUT2D eigenvalue weighted by Gasteiger charge is 2.62. The molecule has 3 atom stereocenters. The maximum absolute atomic E-state index is 14.5. The second-order valence-electron chi connectivity index (χ2n) is 10.6. The lowest BCUT2D eigenvalue weighted by Gasteiger charge is -2.47. The minimum Gasteiger partial charge on any atom is -0.490 e. The van der Waals surface area contributed by atoms with Crippen molar-refractivity contribution in [3.8, 4) is 5.75 Å². The summed E-state index contributed by atoms with van der Waals surface area (Å²) in [6.07, 6.45) is -4.01. The minimum atomic E-state index is -4.76. The van der Waals surface area contributed by atoms with E-state index in [1.165, 1.54) is 6.07 Å². The molecule has 220 valence electrons. The summed E-state index contributed by atoms with van der Waals surface area (Å²) in [5, 5.41) is 6.23. The van der Waals surface area contributed by atoms with Crippen molar-refractivity contribution >= 4 is 63.3 Å². The van der Waals surface area contributed by atoms with E-state index in [4.69, 9.17) is 32.7 Å². The first kappa shape index (κ1) is 29.5. The largest absolute Gasteiger partial charge is 0.490 e. The van der Waals surface area contributed by atoms with Crippen LogP contribution in [0.1, 0.15) is 53.5 Å². The van der Waals surface area contributed by atoms with Gasteiger partial charge in [-0.15, -0.1) is 0 Å². The monoisotopic (exact) mass is 730 g/mol. The Balaban J connectivity index is 1.62. The molecule has 0 radical (unpaired) electrons. The van der Waals surface area contributed by atoms with Gasteiger partial charge in [0, 0.05) is 50.0 Å². The molecule has 42 heavy (non-hydrogen) atoms. The van der Waals surface area contributed by atoms with Crippen LogP contribution in [0.25, 0.3) is 0 Å². The van der Waals surface area contributed by atoms with Gasteiger partial charge >= 0.3 is 6.18 Å². The third-order valence-electron chi connectivity index (χ3n) is 8.19. The van der Waals surface area contributed by atoms with Crippen LogP contribution in [0.3, 0.4) is 0 Å². The highest BCUT2D eigenvalue weighted by molar-refractivity contribution is 14.1. The maximum atomic E-state index is 14.5. The van der Waals surface area contributed by atoms with Crippen molar-refractivity contribution in [2.45, 2.75) is 48.9 Å². The van der Waals surface area contributed by atoms with E-state index in [1.807, 2.05) is 6.07 Å². The van der Waals surface area contributed by atoms with Gasteiger partial charge in [-0.05, 0) is 82.2 Å². The molecule has 2 amide bonds. The van der Waals surface area contributed by atoms with E-state index in [0.29, 0.717) is 53.6 Å². The maximum Gasteiger partial charge on any atom is 0.416 e. The summed E-state index contributed by atoms with van der Waals surface area (Å²) in [6.45, 7) is 1.06. The van der Waals surface area contributed by atoms with Gasteiger partial charge in [0.25, 0.3) is 0 Å². The van der Waals surface area contributed by atoms with Gasteiger partial charge in [0.2, 0.25) is 11.8 Å². The first-order valence-corrected chi connectivity index (χ1v) is 15.1. The zero-order valence-electron chi connectivity index (χ0n) is 21.9. The number of fused-ring (bicyclic) bond motifs is 2. The van der Waals surface area contributed by atoms with Crippen molar-refractivity contribution in [1.29, 1.82) is 0 Å². The molecule has 0 aliphatic carbocycles. The molecule has 0 unspecified atom stereocenters. The molecular weight excluding hydrogens is 707 g/mol. The first-order chi connectivity index (χ1) is 20.0. The molecule has 1 spiro atoms. The zero-order chi connectivity index (χ0) is 29.8. The molecule has 3 aromatic carbocycles. The number of anilines is 1. The van der Waals surface area contributed by atoms with Crippen LogP contribution < -0.4 is 15.4 Å². The number of halogens is 6. The summed E-state index contributed by atoms with van der Waals surface area (Å²) in [5.74, 6) is -1.86. The number of nitrogens with one attached hydrogen (secondary N) is 2. The summed E-state index contributed by atoms with van der Waals surface area (Å²) in [4.78, 5) is 27.8. The number of benzene rings is 3. The molecule has 3 heterocycles. The summed E-state index contributed by atoms with van der Waals surface area (Å²) in [5.41, 5.74) is -1.61. The van der Waals surface area contributed by atoms with Crippen molar-refractivity contribution in [1.82, 2.24) is 5.32 Å². The Bertz CT molecular complexity index is 1580. The van der Waals surface area contributed by atoms with Crippen LogP contribution in [0.2, 0.25) is 10.0 Å². The number of rotatable bonds is 4. The topological polar surface area (TPSA) is 76.7 Å². The van der Waals surface area contributed by atoms with E-state index in [-0.39, 0.29) is 23.1 Å². The lowest BCUT2D eigenvalue weighted by Crippen LogP contribution is -2.57. The highest BCUT2D eigenvalue weighted by atomic mass is 127. The van der Waals surface area contributed by atoms with Gasteiger partial charge in [0.1, 0.15) is 17.3 Å². The van der Waals surface area contributed by atoms with Gasteiger partial charge in [0.15, 0.2) is 0 Å². The third-order valence-corrected chi connectivity index (χ3v) is 9.33. The Kier molecular flexibility index (Phi) is 7.86. The summed E-state index contributed by atoms with van der Waals surface area (Å²) in [6, 6.07) is 12.4. The average Bonchev–Trinajstić information content (AvgIpc) is 3.21. The van der Waals surface area contributed by atoms with Crippen LogP contribution in [0.5, 0.6) is 5.75 Å². The van der Waals surface area contributed by atoms with Gasteiger partial charge in [0.05, 0.1) is 24.8 Å². The Morgan fingerprint density at radius 3 is 2.40 bits per heavy atom. The SMILES string of the molecule is O=C1C[C@@H](c2cc(Cl)ccc2C(F)(F)F)[C@]2(C(=O)Nc3cc(Cl)ccc32)[C@@H](c2cc(I)ccc2OC2CCOCC2)N1. The van der Waals surface area contributed by atoms with Crippen LogP contribution >= 0.6 is 45.8 Å². The Labute approximate surface area is 263 Å². The van der Waals surface area contributed by atoms with Crippen molar-refractivity contribution in [2.75, 3.05) is 18.5 Å². The van der Waals surface area contributed by atoms with E-state index in [2.05, 4.69) is 33.2 Å². The Hall–Kier alpha value is -2.54. The van der Waals surface area contributed by atoms with Crippen LogP contribution in [-0.2, 0) is 25.9 Å². The summed E-state index contributed by atoms with van der Waals surface area (Å²) in [7, 11) is 0. The molecule has 6 rings (SSSR count). The summed E-state index contributed by atoms with van der Waals surface area (Å²) < 4.78 is 56.1. The number of hydrogen-bond donors (Lipinski definition) is 2. The average molecular weight is 731 g/mol. The molecular formula is C30H24Cl2F3IN2O4. The van der Waals surface area contributed by atoms with E-state index in [9.17, 15) is 22.8 Å². The van der Waals surface area contributed by atoms with Gasteiger partial charge in [-0.3, -0.25) is 9.59 Å². The van der Waals surface area contributed by atoms with Crippen LogP contribution in [-0.4, -0.2) is 31.1 Å². The van der Waals surface area contributed by atoms with Crippen molar-refractivity contribution in [3.05, 3.63) is 90.5 Å². The number of hydrogen-bond acceptors (Lipinski definition) is 4. The quantitative estimate of drug-likeness (QED) is 0.275. The van der Waals surface area contributed by atoms with E-state index >= 15 is 0 Å². The predicted octanol–water partition coefficient (Wildman–Crippen LogP) is 7.41. The molecule has 2 N–H and O–H groups in total. The molecule has 0 saturated carbocycles. The molecule has 6 nitrogen and oxygen atoms in total. The lowest BCUT2D eigenvalue weighted by molar-refractivity contribution is -0.140. The number of carbonyl (C=O) groups is 2. The van der Waals surface area contributed by atoms with Crippen molar-refractivity contribution < 1.29 is 32.2 Å². The standard InChI is InChI=1S/C30H24Cl2F3IN2O4/c31-15-1-4-21(30(33,34)35)19(11-15)23-14-26(39)38-27(29(23)22-5-2-16(32)12-24(22)37-28(29)40)20-13-17(36)3-6-25(20)42-18-7-9-41-10-8-18/h1-6,11-13,18,23,27H,7-10,14H2,(H,37,40)(H,38,39)/t23-,27+,29-/m0/s1. The van der Waals surface area contributed by atoms with Gasteiger partial charge in [-0.1, -0.05) is 29.3 Å². The predicted molar refractivity (Wildman–Crippen MR) is 160 cm³/mol. The van der Waals surface area contributed by atoms with Crippen molar-refractivity contribution in [2.24, 2.45) is 0 Å². The van der Waals surface area contributed by atoms with Gasteiger partial charge in [-0.25, -0.2) is 0 Å². The second-order valence-corrected chi connectivity index (χ2v) is 12.7. The van der Waals surface area contributed by atoms with Gasteiger partial charge < -0.3 is 20.1 Å². The first-order valence-electron chi connectivity index (χ1n) is 13.3. The summed E-state index contributed by atoms with van der Waals surface area (Å²) >= 11 is 14.7. The van der Waals surface area contributed by atoms with Crippen LogP contribution in [0.15, 0.2) is 54.6 Å². The number of ether oxygens (including phenoxy) is 2. The fraction of sp³-hybridized carbons (Fsp3) is 0.333. The van der Waals surface area contributed by atoms with Crippen LogP contribution in [0.4, 0.5) is 18.9 Å². The highest BCUT2D eigenvalue weighted by Crippen LogP contribution is 2.59. The number of piperidine rings is 1. The lowest BCUT2D eigenvalue weighted by atomic mass is 9.58. The minimum absolute atomic E-state index is 0.0585. The fourth-order valence-electron chi connectivity index (χ4n) is 6.43. The Morgan fingerprint density at radius 2 is 1.67 bits per heavy atom. The molecule has 2 saturated heterocycles. The Morgan fingerprint density at radius 1 is 0.952 bits per heavy atom. The fourth-order valence-corrected chi connectivity index (χ4v) is 7.29. The number of amides is 2. The van der Waals surface area contributed by atoms with Crippen LogP contribution in [0, 0.1) is 3.57 Å². The molecule has 0 aromatic heterocycles. The normalized spacial score (nSPS) is 24.3. The molecule has 0 bridgehead atoms.